The van der Waals surface area contributed by atoms with Crippen molar-refractivity contribution in [3.05, 3.63) is 30.0 Å². The molecule has 1 aliphatic carbocycles. The Labute approximate surface area is 238 Å². The van der Waals surface area contributed by atoms with Crippen LogP contribution >= 0.6 is 0 Å². The lowest BCUT2D eigenvalue weighted by Crippen LogP contribution is -2.53. The first-order valence-electron chi connectivity index (χ1n) is 15.0. The largest absolute Gasteiger partial charge is 0.444 e. The van der Waals surface area contributed by atoms with Crippen LogP contribution in [0.1, 0.15) is 64.9 Å². The first kappa shape index (κ1) is 28.7. The summed E-state index contributed by atoms with van der Waals surface area (Å²) < 4.78 is 19.2. The highest BCUT2D eigenvalue weighted by Crippen LogP contribution is 2.37. The number of ether oxygens (including phenoxy) is 3. The van der Waals surface area contributed by atoms with E-state index >= 15 is 0 Å². The van der Waals surface area contributed by atoms with Gasteiger partial charge in [0, 0.05) is 69.8 Å². The number of hydrogen-bond acceptors (Lipinski definition) is 6. The number of carbonyl (C=O) groups is 2. The Hall–Kier alpha value is -2.78. The van der Waals surface area contributed by atoms with Crippen LogP contribution in [0.15, 0.2) is 24.4 Å². The van der Waals surface area contributed by atoms with Gasteiger partial charge in [0.05, 0.1) is 18.7 Å². The molecule has 0 radical (unpaired) electrons. The summed E-state index contributed by atoms with van der Waals surface area (Å²) in [6.45, 7) is 10.8. The maximum atomic E-state index is 14.0. The molecule has 5 rings (SSSR count). The fraction of sp³-hybridized carbons (Fsp3) is 0.677. The van der Waals surface area contributed by atoms with Crippen LogP contribution in [0.5, 0.6) is 0 Å². The molecule has 40 heavy (non-hydrogen) atoms. The third kappa shape index (κ3) is 6.74. The smallest absolute Gasteiger partial charge is 0.410 e. The molecule has 2 aromatic rings. The lowest BCUT2D eigenvalue weighted by atomic mass is 10.1. The van der Waals surface area contributed by atoms with Crippen LogP contribution in [0.4, 0.5) is 10.5 Å². The van der Waals surface area contributed by atoms with E-state index in [1.807, 2.05) is 25.7 Å². The summed E-state index contributed by atoms with van der Waals surface area (Å²) in [7, 11) is 1.74. The molecule has 9 nitrogen and oxygen atoms in total. The third-order valence-corrected chi connectivity index (χ3v) is 8.01. The SMILES string of the molecule is COCCCn1cc(CN(C(=O)[C@H]2CN(C(=O)OC(C)(C)C)CCO2)C2CC2)c2c(N3CCCCC3)cccc21. The fourth-order valence-corrected chi connectivity index (χ4v) is 5.93. The normalized spacial score (nSPS) is 20.1. The summed E-state index contributed by atoms with van der Waals surface area (Å²) >= 11 is 0. The molecule has 2 amide bonds. The molecule has 9 heteroatoms. The molecule has 2 aliphatic heterocycles. The van der Waals surface area contributed by atoms with Crippen LogP contribution in [0.3, 0.4) is 0 Å². The minimum absolute atomic E-state index is 0.0357. The summed E-state index contributed by atoms with van der Waals surface area (Å²) in [6.07, 6.45) is 7.79. The van der Waals surface area contributed by atoms with E-state index in [1.54, 1.807) is 12.0 Å². The molecule has 1 saturated carbocycles. The van der Waals surface area contributed by atoms with Crippen molar-refractivity contribution in [2.24, 2.45) is 0 Å². The van der Waals surface area contributed by atoms with Gasteiger partial charge in [-0.05, 0) is 77.0 Å². The van der Waals surface area contributed by atoms with Crippen molar-refractivity contribution in [3.8, 4) is 0 Å². The molecule has 0 spiro atoms. The van der Waals surface area contributed by atoms with E-state index in [0.717, 1.165) is 38.9 Å². The molecule has 0 bridgehead atoms. The molecule has 3 aliphatic rings. The van der Waals surface area contributed by atoms with Gasteiger partial charge >= 0.3 is 6.09 Å². The Morgan fingerprint density at radius 3 is 2.58 bits per heavy atom. The van der Waals surface area contributed by atoms with Crippen molar-refractivity contribution in [1.29, 1.82) is 0 Å². The van der Waals surface area contributed by atoms with Gasteiger partial charge in [0.25, 0.3) is 5.91 Å². The minimum Gasteiger partial charge on any atom is -0.444 e. The summed E-state index contributed by atoms with van der Waals surface area (Å²) in [5, 5.41) is 1.25. The number of fused-ring (bicyclic) bond motifs is 1. The summed E-state index contributed by atoms with van der Waals surface area (Å²) in [4.78, 5) is 32.8. The van der Waals surface area contributed by atoms with E-state index < -0.39 is 17.8 Å². The Balaban J connectivity index is 1.41. The van der Waals surface area contributed by atoms with Gasteiger partial charge in [0.15, 0.2) is 6.10 Å². The molecule has 1 aromatic heterocycles. The number of nitrogens with zero attached hydrogens (tertiary/aromatic N) is 4. The minimum atomic E-state index is -0.682. The molecule has 1 aromatic carbocycles. The topological polar surface area (TPSA) is 76.5 Å². The zero-order chi connectivity index (χ0) is 28.3. The number of amides is 2. The van der Waals surface area contributed by atoms with E-state index in [0.29, 0.717) is 26.3 Å². The standard InChI is InChI=1S/C31H46N4O5/c1-31(2,3)40-30(37)34-17-19-39-27(22-34)29(36)35(24-12-13-24)21-23-20-33(16-9-18-38-4)26-11-8-10-25(28(23)26)32-14-6-5-7-15-32/h8,10-11,20,24,27H,5-7,9,12-19,21-22H2,1-4H3/t27-/m1/s1. The number of hydrogen-bond donors (Lipinski definition) is 0. The van der Waals surface area contributed by atoms with Crippen molar-refractivity contribution in [2.45, 2.75) is 90.1 Å². The number of carbonyl (C=O) groups excluding carboxylic acids is 2. The average Bonchev–Trinajstić information content (AvgIpc) is 3.73. The van der Waals surface area contributed by atoms with Gasteiger partial charge in [-0.25, -0.2) is 4.79 Å². The van der Waals surface area contributed by atoms with Crippen LogP contribution in [0.25, 0.3) is 10.9 Å². The highest BCUT2D eigenvalue weighted by atomic mass is 16.6. The summed E-state index contributed by atoms with van der Waals surface area (Å²) in [5.74, 6) is -0.0357. The van der Waals surface area contributed by atoms with Crippen LogP contribution in [0.2, 0.25) is 0 Å². The van der Waals surface area contributed by atoms with E-state index in [1.165, 1.54) is 41.4 Å². The van der Waals surface area contributed by atoms with Crippen LogP contribution in [-0.4, -0.2) is 90.6 Å². The van der Waals surface area contributed by atoms with Crippen molar-refractivity contribution in [2.75, 3.05) is 51.4 Å². The Morgan fingerprint density at radius 2 is 1.88 bits per heavy atom. The second-order valence-electron chi connectivity index (χ2n) is 12.4. The molecule has 1 atom stereocenters. The molecule has 0 N–H and O–H groups in total. The number of morpholine rings is 1. The number of benzene rings is 1. The predicted octanol–water partition coefficient (Wildman–Crippen LogP) is 4.80. The first-order chi connectivity index (χ1) is 19.2. The zero-order valence-electron chi connectivity index (χ0n) is 24.7. The molecule has 3 fully saturated rings. The predicted molar refractivity (Wildman–Crippen MR) is 156 cm³/mol. The maximum absolute atomic E-state index is 14.0. The van der Waals surface area contributed by atoms with Crippen LogP contribution in [0, 0.1) is 0 Å². The molecule has 0 unspecified atom stereocenters. The number of rotatable bonds is 9. The molecule has 3 heterocycles. The number of aryl methyl sites for hydroxylation is 1. The summed E-state index contributed by atoms with van der Waals surface area (Å²) in [6, 6.07) is 6.81. The van der Waals surface area contributed by atoms with Gasteiger partial charge in [-0.1, -0.05) is 6.07 Å². The van der Waals surface area contributed by atoms with Crippen molar-refractivity contribution in [3.63, 3.8) is 0 Å². The van der Waals surface area contributed by atoms with E-state index in [-0.39, 0.29) is 18.5 Å². The molecule has 220 valence electrons. The Morgan fingerprint density at radius 1 is 1.10 bits per heavy atom. The van der Waals surface area contributed by atoms with E-state index in [9.17, 15) is 9.59 Å². The molecular formula is C31H46N4O5. The lowest BCUT2D eigenvalue weighted by molar-refractivity contribution is -0.150. The second kappa shape index (κ2) is 12.4. The lowest BCUT2D eigenvalue weighted by Gasteiger charge is -2.36. The van der Waals surface area contributed by atoms with Gasteiger partial charge in [-0.15, -0.1) is 0 Å². The zero-order valence-corrected chi connectivity index (χ0v) is 24.7. The Bertz CT molecular complexity index is 1180. The van der Waals surface area contributed by atoms with Gasteiger partial charge < -0.3 is 33.5 Å². The second-order valence-corrected chi connectivity index (χ2v) is 12.4. The molecule has 2 saturated heterocycles. The van der Waals surface area contributed by atoms with Gasteiger partial charge in [-0.2, -0.15) is 0 Å². The number of aromatic nitrogens is 1. The molecular weight excluding hydrogens is 508 g/mol. The van der Waals surface area contributed by atoms with Crippen LogP contribution < -0.4 is 4.90 Å². The van der Waals surface area contributed by atoms with Gasteiger partial charge in [0.1, 0.15) is 5.60 Å². The highest BCUT2D eigenvalue weighted by molar-refractivity contribution is 5.96. The van der Waals surface area contributed by atoms with Crippen molar-refractivity contribution in [1.82, 2.24) is 14.4 Å². The number of piperidine rings is 1. The van der Waals surface area contributed by atoms with E-state index in [4.69, 9.17) is 14.2 Å². The van der Waals surface area contributed by atoms with Crippen molar-refractivity contribution < 1.29 is 23.8 Å². The van der Waals surface area contributed by atoms with Crippen LogP contribution in [-0.2, 0) is 32.1 Å². The highest BCUT2D eigenvalue weighted by Gasteiger charge is 2.40. The van der Waals surface area contributed by atoms with Gasteiger partial charge in [0.2, 0.25) is 0 Å². The fourth-order valence-electron chi connectivity index (χ4n) is 5.93. The van der Waals surface area contributed by atoms with Crippen molar-refractivity contribution >= 4 is 28.6 Å². The summed E-state index contributed by atoms with van der Waals surface area (Å²) in [5.41, 5.74) is 3.07. The number of methoxy groups -OCH3 is 1. The van der Waals surface area contributed by atoms with E-state index in [2.05, 4.69) is 33.9 Å². The number of anilines is 1. The third-order valence-electron chi connectivity index (χ3n) is 8.01. The maximum Gasteiger partial charge on any atom is 0.410 e. The average molecular weight is 555 g/mol. The monoisotopic (exact) mass is 554 g/mol. The first-order valence-corrected chi connectivity index (χ1v) is 15.0. The van der Waals surface area contributed by atoms with Gasteiger partial charge in [-0.3, -0.25) is 4.79 Å². The Kier molecular flexibility index (Phi) is 8.90. The quantitative estimate of drug-likeness (QED) is 0.415.